The number of non-ortho nitro benzene ring substituents is 1. The third kappa shape index (κ3) is 4.26. The first kappa shape index (κ1) is 19.7. The SMILES string of the molecule is Cc1cc([N+](=O)[O-])cc(S(=O)(=O)NCCc2coc(-c3ccccc3)n2)c1C. The molecule has 0 saturated heterocycles. The van der Waals surface area contributed by atoms with E-state index in [2.05, 4.69) is 9.71 Å². The maximum atomic E-state index is 12.6. The van der Waals surface area contributed by atoms with Crippen molar-refractivity contribution in [2.24, 2.45) is 0 Å². The predicted octanol–water partition coefficient (Wildman–Crippen LogP) is 3.39. The van der Waals surface area contributed by atoms with E-state index in [0.717, 1.165) is 11.6 Å². The van der Waals surface area contributed by atoms with Crippen molar-refractivity contribution < 1.29 is 17.8 Å². The molecule has 0 radical (unpaired) electrons. The number of aryl methyl sites for hydroxylation is 1. The molecule has 0 amide bonds. The van der Waals surface area contributed by atoms with Gasteiger partial charge in [0.05, 0.1) is 15.5 Å². The Balaban J connectivity index is 1.71. The van der Waals surface area contributed by atoms with Gasteiger partial charge < -0.3 is 4.42 Å². The molecule has 0 aliphatic heterocycles. The van der Waals surface area contributed by atoms with Gasteiger partial charge in [0.1, 0.15) is 6.26 Å². The zero-order chi connectivity index (χ0) is 20.3. The van der Waals surface area contributed by atoms with Crippen LogP contribution in [0.2, 0.25) is 0 Å². The second-order valence-corrected chi connectivity index (χ2v) is 8.04. The van der Waals surface area contributed by atoms with Crippen LogP contribution >= 0.6 is 0 Å². The lowest BCUT2D eigenvalue weighted by Crippen LogP contribution is -2.27. The summed E-state index contributed by atoms with van der Waals surface area (Å²) in [5.41, 5.74) is 2.20. The predicted molar refractivity (Wildman–Crippen MR) is 103 cm³/mol. The minimum Gasteiger partial charge on any atom is -0.444 e. The molecule has 0 aliphatic carbocycles. The van der Waals surface area contributed by atoms with Gasteiger partial charge in [-0.25, -0.2) is 18.1 Å². The molecular weight excluding hydrogens is 382 g/mol. The Hall–Kier alpha value is -3.04. The Kier molecular flexibility index (Phi) is 5.57. The lowest BCUT2D eigenvalue weighted by atomic mass is 10.1. The molecule has 0 bridgehead atoms. The van der Waals surface area contributed by atoms with Crippen molar-refractivity contribution in [1.82, 2.24) is 9.71 Å². The molecule has 9 heteroatoms. The zero-order valence-electron chi connectivity index (χ0n) is 15.4. The Morgan fingerprint density at radius 3 is 2.57 bits per heavy atom. The largest absolute Gasteiger partial charge is 0.444 e. The van der Waals surface area contributed by atoms with Crippen LogP contribution in [0.3, 0.4) is 0 Å². The molecule has 0 aliphatic rings. The smallest absolute Gasteiger partial charge is 0.271 e. The third-order valence-electron chi connectivity index (χ3n) is 4.35. The minimum atomic E-state index is -3.90. The number of sulfonamides is 1. The van der Waals surface area contributed by atoms with E-state index in [0.29, 0.717) is 29.1 Å². The van der Waals surface area contributed by atoms with Crippen molar-refractivity contribution in [2.75, 3.05) is 6.54 Å². The lowest BCUT2D eigenvalue weighted by Gasteiger charge is -2.10. The highest BCUT2D eigenvalue weighted by Crippen LogP contribution is 2.25. The van der Waals surface area contributed by atoms with Crippen molar-refractivity contribution in [3.63, 3.8) is 0 Å². The molecule has 0 saturated carbocycles. The van der Waals surface area contributed by atoms with E-state index < -0.39 is 14.9 Å². The second kappa shape index (κ2) is 7.91. The van der Waals surface area contributed by atoms with E-state index in [1.807, 2.05) is 30.3 Å². The normalized spacial score (nSPS) is 11.5. The lowest BCUT2D eigenvalue weighted by molar-refractivity contribution is -0.385. The summed E-state index contributed by atoms with van der Waals surface area (Å²) in [4.78, 5) is 14.7. The monoisotopic (exact) mass is 401 g/mol. The van der Waals surface area contributed by atoms with Crippen LogP contribution in [-0.4, -0.2) is 24.9 Å². The fraction of sp³-hybridized carbons (Fsp3) is 0.211. The van der Waals surface area contributed by atoms with E-state index in [-0.39, 0.29) is 17.1 Å². The Labute approximate surface area is 162 Å². The number of aromatic nitrogens is 1. The van der Waals surface area contributed by atoms with Crippen molar-refractivity contribution in [2.45, 2.75) is 25.2 Å². The maximum Gasteiger partial charge on any atom is 0.271 e. The van der Waals surface area contributed by atoms with Gasteiger partial charge >= 0.3 is 0 Å². The van der Waals surface area contributed by atoms with E-state index in [1.54, 1.807) is 13.8 Å². The van der Waals surface area contributed by atoms with Gasteiger partial charge in [-0.15, -0.1) is 0 Å². The maximum absolute atomic E-state index is 12.6. The number of hydrogen-bond donors (Lipinski definition) is 1. The van der Waals surface area contributed by atoms with Crippen LogP contribution < -0.4 is 4.72 Å². The summed E-state index contributed by atoms with van der Waals surface area (Å²) in [5.74, 6) is 0.462. The van der Waals surface area contributed by atoms with Gasteiger partial charge in [0, 0.05) is 30.7 Å². The third-order valence-corrected chi connectivity index (χ3v) is 5.94. The van der Waals surface area contributed by atoms with Crippen LogP contribution in [0.1, 0.15) is 16.8 Å². The van der Waals surface area contributed by atoms with Crippen molar-refractivity contribution in [3.05, 3.63) is 75.7 Å². The fourth-order valence-electron chi connectivity index (χ4n) is 2.72. The van der Waals surface area contributed by atoms with Gasteiger partial charge in [0.2, 0.25) is 15.9 Å². The van der Waals surface area contributed by atoms with Crippen LogP contribution in [0.25, 0.3) is 11.5 Å². The highest BCUT2D eigenvalue weighted by Gasteiger charge is 2.22. The average molecular weight is 401 g/mol. The van der Waals surface area contributed by atoms with Gasteiger partial charge in [0.15, 0.2) is 0 Å². The molecule has 1 N–H and O–H groups in total. The average Bonchev–Trinajstić information content (AvgIpc) is 3.13. The molecule has 3 rings (SSSR count). The van der Waals surface area contributed by atoms with E-state index in [1.165, 1.54) is 12.3 Å². The number of benzene rings is 2. The fourth-order valence-corrected chi connectivity index (χ4v) is 4.09. The standard InChI is InChI=1S/C19H19N3O5S/c1-13-10-17(22(23)24)11-18(14(13)2)28(25,26)20-9-8-16-12-27-19(21-16)15-6-4-3-5-7-15/h3-7,10-12,20H,8-9H2,1-2H3. The molecule has 1 heterocycles. The van der Waals surface area contributed by atoms with Crippen LogP contribution in [0.5, 0.6) is 0 Å². The molecule has 0 unspecified atom stereocenters. The topological polar surface area (TPSA) is 115 Å². The molecule has 0 fully saturated rings. The van der Waals surface area contributed by atoms with Crippen LogP contribution in [-0.2, 0) is 16.4 Å². The number of hydrogen-bond acceptors (Lipinski definition) is 6. The van der Waals surface area contributed by atoms with Gasteiger partial charge in [-0.3, -0.25) is 10.1 Å². The quantitative estimate of drug-likeness (QED) is 0.479. The summed E-state index contributed by atoms with van der Waals surface area (Å²) in [7, 11) is -3.90. The molecule has 1 aromatic heterocycles. The summed E-state index contributed by atoms with van der Waals surface area (Å²) < 4.78 is 33.1. The molecule has 2 aromatic carbocycles. The molecule has 0 spiro atoms. The Morgan fingerprint density at radius 1 is 1.18 bits per heavy atom. The van der Waals surface area contributed by atoms with Gasteiger partial charge in [-0.05, 0) is 37.1 Å². The van der Waals surface area contributed by atoms with Gasteiger partial charge in [-0.1, -0.05) is 18.2 Å². The molecule has 3 aromatic rings. The zero-order valence-corrected chi connectivity index (χ0v) is 16.2. The van der Waals surface area contributed by atoms with E-state index in [9.17, 15) is 18.5 Å². The molecule has 28 heavy (non-hydrogen) atoms. The summed E-state index contributed by atoms with van der Waals surface area (Å²) in [6.45, 7) is 3.35. The van der Waals surface area contributed by atoms with Gasteiger partial charge in [-0.2, -0.15) is 0 Å². The first-order valence-electron chi connectivity index (χ1n) is 8.53. The van der Waals surface area contributed by atoms with Crippen molar-refractivity contribution in [1.29, 1.82) is 0 Å². The van der Waals surface area contributed by atoms with Crippen molar-refractivity contribution >= 4 is 15.7 Å². The Morgan fingerprint density at radius 2 is 1.89 bits per heavy atom. The van der Waals surface area contributed by atoms with Gasteiger partial charge in [0.25, 0.3) is 5.69 Å². The second-order valence-electron chi connectivity index (χ2n) is 6.30. The molecule has 0 atom stereocenters. The van der Waals surface area contributed by atoms with Crippen LogP contribution in [0, 0.1) is 24.0 Å². The summed E-state index contributed by atoms with van der Waals surface area (Å²) in [6, 6.07) is 11.8. The molecule has 8 nitrogen and oxygen atoms in total. The van der Waals surface area contributed by atoms with Crippen LogP contribution in [0.4, 0.5) is 5.69 Å². The van der Waals surface area contributed by atoms with E-state index in [4.69, 9.17) is 4.42 Å². The summed E-state index contributed by atoms with van der Waals surface area (Å²) in [6.07, 6.45) is 1.81. The number of nitro groups is 1. The minimum absolute atomic E-state index is 0.0876. The summed E-state index contributed by atoms with van der Waals surface area (Å²) >= 11 is 0. The first-order chi connectivity index (χ1) is 13.3. The highest BCUT2D eigenvalue weighted by atomic mass is 32.2. The molecular formula is C19H19N3O5S. The highest BCUT2D eigenvalue weighted by molar-refractivity contribution is 7.89. The van der Waals surface area contributed by atoms with Crippen LogP contribution in [0.15, 0.2) is 58.0 Å². The Bertz CT molecular complexity index is 1110. The number of oxazole rings is 1. The number of nitro benzene ring substituents is 1. The molecule has 146 valence electrons. The number of nitrogens with zero attached hydrogens (tertiary/aromatic N) is 2. The first-order valence-corrected chi connectivity index (χ1v) is 10.0. The number of rotatable bonds is 7. The van der Waals surface area contributed by atoms with Crippen molar-refractivity contribution in [3.8, 4) is 11.5 Å². The number of nitrogens with one attached hydrogen (secondary N) is 1. The summed E-state index contributed by atoms with van der Waals surface area (Å²) in [5, 5.41) is 11.0. The van der Waals surface area contributed by atoms with E-state index >= 15 is 0 Å².